The number of hydrogen-bond donors (Lipinski definition) is 1. The minimum Gasteiger partial charge on any atom is -0.336 e. The Morgan fingerprint density at radius 1 is 1.17 bits per heavy atom. The van der Waals surface area contributed by atoms with Gasteiger partial charge in [0.1, 0.15) is 5.82 Å². The van der Waals surface area contributed by atoms with Gasteiger partial charge in [-0.05, 0) is 37.1 Å². The van der Waals surface area contributed by atoms with Crippen LogP contribution in [0, 0.1) is 12.7 Å². The van der Waals surface area contributed by atoms with E-state index in [0.29, 0.717) is 13.1 Å². The first-order valence-electron chi connectivity index (χ1n) is 7.94. The Balaban J connectivity index is 1.84. The van der Waals surface area contributed by atoms with Crippen molar-refractivity contribution >= 4 is 5.91 Å². The molecule has 23 heavy (non-hydrogen) atoms. The average Bonchev–Trinajstić information content (AvgIpc) is 2.55. The van der Waals surface area contributed by atoms with Crippen LogP contribution < -0.4 is 5.32 Å². The molecule has 0 saturated carbocycles. The van der Waals surface area contributed by atoms with Crippen molar-refractivity contribution in [3.05, 3.63) is 59.4 Å². The van der Waals surface area contributed by atoms with Crippen LogP contribution in [0.3, 0.4) is 0 Å². The second kappa shape index (κ2) is 6.50. The van der Waals surface area contributed by atoms with Crippen molar-refractivity contribution in [2.75, 3.05) is 19.6 Å². The monoisotopic (exact) mass is 312 g/mol. The lowest BCUT2D eigenvalue weighted by molar-refractivity contribution is 0.0704. The zero-order valence-corrected chi connectivity index (χ0v) is 13.5. The summed E-state index contributed by atoms with van der Waals surface area (Å²) in [6.45, 7) is 6.01. The van der Waals surface area contributed by atoms with E-state index in [2.05, 4.69) is 5.32 Å². The van der Waals surface area contributed by atoms with Crippen molar-refractivity contribution in [3.8, 4) is 11.1 Å². The average molecular weight is 312 g/mol. The normalized spacial score (nSPS) is 18.0. The summed E-state index contributed by atoms with van der Waals surface area (Å²) < 4.78 is 14.5. The topological polar surface area (TPSA) is 32.3 Å². The van der Waals surface area contributed by atoms with Crippen molar-refractivity contribution in [2.24, 2.45) is 0 Å². The Morgan fingerprint density at radius 3 is 2.52 bits per heavy atom. The maximum atomic E-state index is 14.5. The molecule has 1 unspecified atom stereocenters. The Bertz CT molecular complexity index is 712. The number of carbonyl (C=O) groups excluding carboxylic acids is 1. The fourth-order valence-corrected chi connectivity index (χ4v) is 2.90. The third-order valence-electron chi connectivity index (χ3n) is 4.24. The molecule has 0 spiro atoms. The standard InChI is InChI=1S/C19H21FN2O/c1-13-3-5-15(6-4-13)16-7-8-17(18(20)11-16)19(23)22-10-9-21-14(2)12-22/h3-8,11,14,21H,9-10,12H2,1-2H3. The fourth-order valence-electron chi connectivity index (χ4n) is 2.90. The molecular weight excluding hydrogens is 291 g/mol. The summed E-state index contributed by atoms with van der Waals surface area (Å²) >= 11 is 0. The number of benzene rings is 2. The summed E-state index contributed by atoms with van der Waals surface area (Å²) in [5.41, 5.74) is 3.04. The van der Waals surface area contributed by atoms with Crippen LogP contribution in [-0.4, -0.2) is 36.5 Å². The van der Waals surface area contributed by atoms with Crippen LogP contribution in [0.2, 0.25) is 0 Å². The summed E-state index contributed by atoms with van der Waals surface area (Å²) in [6.07, 6.45) is 0. The summed E-state index contributed by atoms with van der Waals surface area (Å²) in [4.78, 5) is 14.2. The molecule has 1 heterocycles. The van der Waals surface area contributed by atoms with Gasteiger partial charge < -0.3 is 10.2 Å². The minimum atomic E-state index is -0.459. The van der Waals surface area contributed by atoms with Gasteiger partial charge >= 0.3 is 0 Å². The molecule has 2 aromatic rings. The Labute approximate surface area is 136 Å². The van der Waals surface area contributed by atoms with E-state index in [-0.39, 0.29) is 17.5 Å². The van der Waals surface area contributed by atoms with Gasteiger partial charge in [-0.15, -0.1) is 0 Å². The lowest BCUT2D eigenvalue weighted by Crippen LogP contribution is -2.51. The van der Waals surface area contributed by atoms with E-state index >= 15 is 0 Å². The number of rotatable bonds is 2. The van der Waals surface area contributed by atoms with Crippen molar-refractivity contribution in [3.63, 3.8) is 0 Å². The predicted molar refractivity (Wildman–Crippen MR) is 89.9 cm³/mol. The van der Waals surface area contributed by atoms with Gasteiger partial charge in [-0.3, -0.25) is 4.79 Å². The van der Waals surface area contributed by atoms with Gasteiger partial charge in [-0.2, -0.15) is 0 Å². The van der Waals surface area contributed by atoms with E-state index in [0.717, 1.165) is 23.2 Å². The first-order chi connectivity index (χ1) is 11.0. The Morgan fingerprint density at radius 2 is 1.87 bits per heavy atom. The maximum Gasteiger partial charge on any atom is 0.256 e. The summed E-state index contributed by atoms with van der Waals surface area (Å²) in [5.74, 6) is -0.689. The van der Waals surface area contributed by atoms with E-state index in [1.807, 2.05) is 44.2 Å². The zero-order valence-electron chi connectivity index (χ0n) is 13.5. The molecule has 0 radical (unpaired) electrons. The van der Waals surface area contributed by atoms with Crippen molar-refractivity contribution in [1.29, 1.82) is 0 Å². The van der Waals surface area contributed by atoms with E-state index in [1.165, 1.54) is 6.07 Å². The summed E-state index contributed by atoms with van der Waals surface area (Å²) in [7, 11) is 0. The smallest absolute Gasteiger partial charge is 0.256 e. The molecule has 1 fully saturated rings. The van der Waals surface area contributed by atoms with Gasteiger partial charge in [-0.1, -0.05) is 35.9 Å². The van der Waals surface area contributed by atoms with Crippen molar-refractivity contribution < 1.29 is 9.18 Å². The summed E-state index contributed by atoms with van der Waals surface area (Å²) in [5, 5.41) is 3.28. The minimum absolute atomic E-state index is 0.148. The number of piperazine rings is 1. The number of amides is 1. The fraction of sp³-hybridized carbons (Fsp3) is 0.316. The molecular formula is C19H21FN2O. The van der Waals surface area contributed by atoms with Crippen LogP contribution >= 0.6 is 0 Å². The highest BCUT2D eigenvalue weighted by molar-refractivity contribution is 5.95. The van der Waals surface area contributed by atoms with E-state index in [9.17, 15) is 9.18 Å². The van der Waals surface area contributed by atoms with Crippen LogP contribution in [0.25, 0.3) is 11.1 Å². The second-order valence-corrected chi connectivity index (χ2v) is 6.17. The number of nitrogens with zero attached hydrogens (tertiary/aromatic N) is 1. The van der Waals surface area contributed by atoms with Gasteiger partial charge in [0.15, 0.2) is 0 Å². The molecule has 0 bridgehead atoms. The molecule has 2 aromatic carbocycles. The van der Waals surface area contributed by atoms with E-state index in [4.69, 9.17) is 0 Å². The summed E-state index contributed by atoms with van der Waals surface area (Å²) in [6, 6.07) is 13.0. The molecule has 4 heteroatoms. The first kappa shape index (κ1) is 15.7. The number of carbonyl (C=O) groups is 1. The number of halogens is 1. The molecule has 120 valence electrons. The second-order valence-electron chi connectivity index (χ2n) is 6.17. The molecule has 1 saturated heterocycles. The predicted octanol–water partition coefficient (Wildman–Crippen LogP) is 3.24. The quantitative estimate of drug-likeness (QED) is 0.923. The largest absolute Gasteiger partial charge is 0.336 e. The lowest BCUT2D eigenvalue weighted by atomic mass is 10.0. The number of hydrogen-bond acceptors (Lipinski definition) is 2. The van der Waals surface area contributed by atoms with Crippen LogP contribution in [0.5, 0.6) is 0 Å². The highest BCUT2D eigenvalue weighted by Crippen LogP contribution is 2.23. The molecule has 3 nitrogen and oxygen atoms in total. The molecule has 1 atom stereocenters. The molecule has 1 amide bonds. The van der Waals surface area contributed by atoms with Crippen LogP contribution in [0.4, 0.5) is 4.39 Å². The van der Waals surface area contributed by atoms with Crippen LogP contribution in [0.15, 0.2) is 42.5 Å². The van der Waals surface area contributed by atoms with E-state index < -0.39 is 5.82 Å². The molecule has 1 N–H and O–H groups in total. The maximum absolute atomic E-state index is 14.5. The molecule has 0 aromatic heterocycles. The zero-order chi connectivity index (χ0) is 16.4. The van der Waals surface area contributed by atoms with Crippen molar-refractivity contribution in [2.45, 2.75) is 19.9 Å². The molecule has 1 aliphatic rings. The van der Waals surface area contributed by atoms with Gasteiger partial charge in [0.2, 0.25) is 0 Å². The van der Waals surface area contributed by atoms with Gasteiger partial charge in [0.25, 0.3) is 5.91 Å². The van der Waals surface area contributed by atoms with Crippen LogP contribution in [-0.2, 0) is 0 Å². The first-order valence-corrected chi connectivity index (χ1v) is 7.94. The lowest BCUT2D eigenvalue weighted by Gasteiger charge is -2.32. The third kappa shape index (κ3) is 3.42. The van der Waals surface area contributed by atoms with Gasteiger partial charge in [0.05, 0.1) is 5.56 Å². The number of nitrogens with one attached hydrogen (secondary N) is 1. The number of aryl methyl sites for hydroxylation is 1. The highest BCUT2D eigenvalue weighted by Gasteiger charge is 2.23. The molecule has 1 aliphatic heterocycles. The SMILES string of the molecule is Cc1ccc(-c2ccc(C(=O)N3CCNC(C)C3)c(F)c2)cc1. The van der Waals surface area contributed by atoms with Crippen molar-refractivity contribution in [1.82, 2.24) is 10.2 Å². The molecule has 0 aliphatic carbocycles. The van der Waals surface area contributed by atoms with Crippen LogP contribution in [0.1, 0.15) is 22.8 Å². The third-order valence-corrected chi connectivity index (χ3v) is 4.24. The molecule has 3 rings (SSSR count). The van der Waals surface area contributed by atoms with Gasteiger partial charge in [0, 0.05) is 25.7 Å². The Kier molecular flexibility index (Phi) is 4.44. The van der Waals surface area contributed by atoms with E-state index in [1.54, 1.807) is 11.0 Å². The highest BCUT2D eigenvalue weighted by atomic mass is 19.1. The Hall–Kier alpha value is -2.20. The van der Waals surface area contributed by atoms with Gasteiger partial charge in [-0.25, -0.2) is 4.39 Å².